The van der Waals surface area contributed by atoms with E-state index in [4.69, 9.17) is 20.3 Å². The second-order valence-corrected chi connectivity index (χ2v) is 3.93. The Kier molecular flexibility index (Phi) is 4.97. The van der Waals surface area contributed by atoms with E-state index < -0.39 is 12.0 Å². The van der Waals surface area contributed by atoms with E-state index in [0.717, 1.165) is 11.1 Å². The molecule has 0 aromatic heterocycles. The third-order valence-corrected chi connectivity index (χ3v) is 2.83. The zero-order chi connectivity index (χ0) is 13.7. The number of hydrogen-bond donors (Lipinski definition) is 2. The smallest absolute Gasteiger partial charge is 0.305 e. The first-order valence-corrected chi connectivity index (χ1v) is 5.76. The van der Waals surface area contributed by atoms with Crippen molar-refractivity contribution in [2.45, 2.75) is 25.8 Å². The third-order valence-electron chi connectivity index (χ3n) is 2.83. The topological polar surface area (TPSA) is 81.8 Å². The fraction of sp³-hybridized carbons (Fsp3) is 0.462. The number of benzene rings is 1. The molecule has 0 saturated carbocycles. The molecule has 0 amide bonds. The lowest BCUT2D eigenvalue weighted by Gasteiger charge is -2.19. The summed E-state index contributed by atoms with van der Waals surface area (Å²) in [6.45, 7) is 1.97. The van der Waals surface area contributed by atoms with Gasteiger partial charge >= 0.3 is 5.97 Å². The SMILES string of the molecule is CCc1c(C(N)CC(=O)O)ccc(OC)c1OC. The van der Waals surface area contributed by atoms with Crippen molar-refractivity contribution in [2.24, 2.45) is 5.73 Å². The van der Waals surface area contributed by atoms with Crippen molar-refractivity contribution in [3.63, 3.8) is 0 Å². The van der Waals surface area contributed by atoms with Crippen LogP contribution >= 0.6 is 0 Å². The van der Waals surface area contributed by atoms with Gasteiger partial charge in [-0.15, -0.1) is 0 Å². The average Bonchev–Trinajstić information content (AvgIpc) is 2.35. The highest BCUT2D eigenvalue weighted by Gasteiger charge is 2.19. The molecule has 0 aliphatic carbocycles. The van der Waals surface area contributed by atoms with Gasteiger partial charge in [-0.2, -0.15) is 0 Å². The molecule has 0 heterocycles. The van der Waals surface area contributed by atoms with Crippen molar-refractivity contribution in [1.82, 2.24) is 0 Å². The first-order chi connectivity index (χ1) is 8.54. The maximum absolute atomic E-state index is 10.7. The van der Waals surface area contributed by atoms with Gasteiger partial charge in [-0.3, -0.25) is 4.79 Å². The van der Waals surface area contributed by atoms with Gasteiger partial charge < -0.3 is 20.3 Å². The van der Waals surface area contributed by atoms with Crippen molar-refractivity contribution in [2.75, 3.05) is 14.2 Å². The lowest BCUT2D eigenvalue weighted by molar-refractivity contribution is -0.137. The standard InChI is InChI=1S/C13H19NO4/c1-4-8-9(10(14)7-12(15)16)5-6-11(17-2)13(8)18-3/h5-6,10H,4,7,14H2,1-3H3,(H,15,16). The Morgan fingerprint density at radius 3 is 2.50 bits per heavy atom. The molecule has 0 aliphatic heterocycles. The Bertz CT molecular complexity index is 431. The number of carboxylic acid groups (broad SMARTS) is 1. The van der Waals surface area contributed by atoms with E-state index in [1.165, 1.54) is 0 Å². The molecule has 18 heavy (non-hydrogen) atoms. The average molecular weight is 253 g/mol. The summed E-state index contributed by atoms with van der Waals surface area (Å²) < 4.78 is 10.5. The molecule has 5 heteroatoms. The second-order valence-electron chi connectivity index (χ2n) is 3.93. The van der Waals surface area contributed by atoms with E-state index >= 15 is 0 Å². The van der Waals surface area contributed by atoms with E-state index in [1.807, 2.05) is 6.92 Å². The molecule has 5 nitrogen and oxygen atoms in total. The number of ether oxygens (including phenoxy) is 2. The van der Waals surface area contributed by atoms with Gasteiger partial charge in [0.2, 0.25) is 0 Å². The lowest BCUT2D eigenvalue weighted by atomic mass is 9.95. The van der Waals surface area contributed by atoms with Gasteiger partial charge in [0.05, 0.1) is 20.6 Å². The summed E-state index contributed by atoms with van der Waals surface area (Å²) in [5.74, 6) is 0.332. The normalized spacial score (nSPS) is 12.0. The van der Waals surface area contributed by atoms with E-state index in [9.17, 15) is 4.79 Å². The predicted molar refractivity (Wildman–Crippen MR) is 68.1 cm³/mol. The van der Waals surface area contributed by atoms with Crippen LogP contribution in [0.2, 0.25) is 0 Å². The Morgan fingerprint density at radius 1 is 1.39 bits per heavy atom. The van der Waals surface area contributed by atoms with Gasteiger partial charge in [0.1, 0.15) is 0 Å². The summed E-state index contributed by atoms with van der Waals surface area (Å²) >= 11 is 0. The minimum atomic E-state index is -0.917. The fourth-order valence-electron chi connectivity index (χ4n) is 2.02. The highest BCUT2D eigenvalue weighted by molar-refractivity contribution is 5.68. The fourth-order valence-corrected chi connectivity index (χ4v) is 2.02. The van der Waals surface area contributed by atoms with Crippen LogP contribution in [0.25, 0.3) is 0 Å². The monoisotopic (exact) mass is 253 g/mol. The summed E-state index contributed by atoms with van der Waals surface area (Å²) in [5.41, 5.74) is 7.59. The zero-order valence-corrected chi connectivity index (χ0v) is 10.9. The quantitative estimate of drug-likeness (QED) is 0.807. The molecular formula is C13H19NO4. The van der Waals surface area contributed by atoms with Gasteiger partial charge in [-0.05, 0) is 18.1 Å². The highest BCUT2D eigenvalue weighted by atomic mass is 16.5. The molecule has 1 unspecified atom stereocenters. The molecule has 0 spiro atoms. The minimum Gasteiger partial charge on any atom is -0.493 e. The van der Waals surface area contributed by atoms with Gasteiger partial charge in [0.15, 0.2) is 11.5 Å². The van der Waals surface area contributed by atoms with Crippen molar-refractivity contribution in [1.29, 1.82) is 0 Å². The van der Waals surface area contributed by atoms with Crippen LogP contribution in [-0.4, -0.2) is 25.3 Å². The Labute approximate surface area is 107 Å². The van der Waals surface area contributed by atoms with E-state index in [1.54, 1.807) is 26.4 Å². The number of carbonyl (C=O) groups is 1. The van der Waals surface area contributed by atoms with Gasteiger partial charge in [-0.1, -0.05) is 13.0 Å². The number of methoxy groups -OCH3 is 2. The van der Waals surface area contributed by atoms with Crippen LogP contribution in [0.3, 0.4) is 0 Å². The molecule has 0 aliphatic rings. The number of aliphatic carboxylic acids is 1. The molecule has 0 fully saturated rings. The first kappa shape index (κ1) is 14.3. The molecular weight excluding hydrogens is 234 g/mol. The van der Waals surface area contributed by atoms with Crippen molar-refractivity contribution >= 4 is 5.97 Å². The van der Waals surface area contributed by atoms with Crippen LogP contribution in [0.5, 0.6) is 11.5 Å². The number of rotatable bonds is 6. The van der Waals surface area contributed by atoms with Crippen LogP contribution in [0.4, 0.5) is 0 Å². The maximum atomic E-state index is 10.7. The zero-order valence-electron chi connectivity index (χ0n) is 10.9. The van der Waals surface area contributed by atoms with Crippen molar-refractivity contribution in [3.05, 3.63) is 23.3 Å². The molecule has 0 radical (unpaired) electrons. The van der Waals surface area contributed by atoms with Crippen molar-refractivity contribution in [3.8, 4) is 11.5 Å². The first-order valence-electron chi connectivity index (χ1n) is 5.76. The van der Waals surface area contributed by atoms with E-state index in [0.29, 0.717) is 17.9 Å². The highest BCUT2D eigenvalue weighted by Crippen LogP contribution is 2.36. The van der Waals surface area contributed by atoms with Crippen LogP contribution in [0, 0.1) is 0 Å². The Morgan fingerprint density at radius 2 is 2.06 bits per heavy atom. The molecule has 100 valence electrons. The maximum Gasteiger partial charge on any atom is 0.305 e. The Hall–Kier alpha value is -1.75. The molecule has 1 rings (SSSR count). The van der Waals surface area contributed by atoms with Gasteiger partial charge in [0.25, 0.3) is 0 Å². The second kappa shape index (κ2) is 6.26. The van der Waals surface area contributed by atoms with Gasteiger partial charge in [0, 0.05) is 11.6 Å². The molecule has 1 aromatic rings. The minimum absolute atomic E-state index is 0.109. The van der Waals surface area contributed by atoms with Crippen molar-refractivity contribution < 1.29 is 19.4 Å². The summed E-state index contributed by atoms with van der Waals surface area (Å²) in [4.78, 5) is 10.7. The molecule has 3 N–H and O–H groups in total. The lowest BCUT2D eigenvalue weighted by Crippen LogP contribution is -2.17. The predicted octanol–water partition coefficient (Wildman–Crippen LogP) is 1.74. The summed E-state index contributed by atoms with van der Waals surface area (Å²) in [7, 11) is 3.12. The van der Waals surface area contributed by atoms with Gasteiger partial charge in [-0.25, -0.2) is 0 Å². The molecule has 1 atom stereocenters. The number of nitrogens with two attached hydrogens (primary N) is 1. The third kappa shape index (κ3) is 2.92. The summed E-state index contributed by atoms with van der Waals surface area (Å²) in [5, 5.41) is 8.80. The molecule has 1 aromatic carbocycles. The number of carboxylic acids is 1. The molecule has 0 bridgehead atoms. The van der Waals surface area contributed by atoms with E-state index in [2.05, 4.69) is 0 Å². The molecule has 0 saturated heterocycles. The van der Waals surface area contributed by atoms with Crippen LogP contribution in [0.15, 0.2) is 12.1 Å². The largest absolute Gasteiger partial charge is 0.493 e. The number of hydrogen-bond acceptors (Lipinski definition) is 4. The van der Waals surface area contributed by atoms with Crippen LogP contribution < -0.4 is 15.2 Å². The summed E-state index contributed by atoms with van der Waals surface area (Å²) in [6.07, 6.45) is 0.589. The summed E-state index contributed by atoms with van der Waals surface area (Å²) in [6, 6.07) is 3.00. The van der Waals surface area contributed by atoms with Crippen LogP contribution in [-0.2, 0) is 11.2 Å². The van der Waals surface area contributed by atoms with E-state index in [-0.39, 0.29) is 6.42 Å². The van der Waals surface area contributed by atoms with Crippen LogP contribution in [0.1, 0.15) is 30.5 Å². The Balaban J connectivity index is 3.23.